The van der Waals surface area contributed by atoms with Crippen LogP contribution < -0.4 is 10.2 Å². The number of para-hydroxylation sites is 1. The standard InChI is InChI=1S/C34H39N3O2S/c1-3-36(29-13-5-4-6-14-29)22-21-35-33(38)27-19-17-26(18-20-27)23-32-34(39)37(24-28-12-8-7-11-25(28)2)30-15-9-10-16-31(30)40-32/h4-8,11-14,17-20,23,30-31H,3,9-10,15-16,21-22,24H2,1-2H3,(H,35,38)/b32-23+. The molecule has 1 aliphatic heterocycles. The fraction of sp³-hybridized carbons (Fsp3) is 0.353. The summed E-state index contributed by atoms with van der Waals surface area (Å²) in [5.74, 6) is 0.0398. The van der Waals surface area contributed by atoms with Gasteiger partial charge in [0.25, 0.3) is 11.8 Å². The SMILES string of the molecule is CCN(CCNC(=O)c1ccc(/C=C2/SC3CCCCC3N(Cc3ccccc3C)C2=O)cc1)c1ccccc1. The van der Waals surface area contributed by atoms with Crippen molar-refractivity contribution in [2.45, 2.75) is 57.4 Å². The van der Waals surface area contributed by atoms with Crippen molar-refractivity contribution in [2.24, 2.45) is 0 Å². The predicted molar refractivity (Wildman–Crippen MR) is 166 cm³/mol. The summed E-state index contributed by atoms with van der Waals surface area (Å²) in [5, 5.41) is 3.48. The van der Waals surface area contributed by atoms with Gasteiger partial charge in [-0.25, -0.2) is 0 Å². The number of nitrogens with zero attached hydrogens (tertiary/aromatic N) is 2. The van der Waals surface area contributed by atoms with E-state index in [0.717, 1.165) is 42.1 Å². The van der Waals surface area contributed by atoms with Gasteiger partial charge in [0.1, 0.15) is 0 Å². The van der Waals surface area contributed by atoms with E-state index in [0.29, 0.717) is 29.9 Å². The van der Waals surface area contributed by atoms with Crippen LogP contribution in [0.2, 0.25) is 0 Å². The van der Waals surface area contributed by atoms with E-state index in [4.69, 9.17) is 0 Å². The highest BCUT2D eigenvalue weighted by Crippen LogP contribution is 2.42. The molecule has 0 spiro atoms. The number of hydrogen-bond acceptors (Lipinski definition) is 4. The van der Waals surface area contributed by atoms with E-state index in [1.54, 1.807) is 11.8 Å². The number of anilines is 1. The van der Waals surface area contributed by atoms with E-state index in [1.807, 2.05) is 48.5 Å². The molecule has 2 amide bonds. The number of fused-ring (bicyclic) bond motifs is 1. The fourth-order valence-corrected chi connectivity index (χ4v) is 7.20. The van der Waals surface area contributed by atoms with Crippen molar-refractivity contribution < 1.29 is 9.59 Å². The van der Waals surface area contributed by atoms with Crippen LogP contribution in [0.5, 0.6) is 0 Å². The average Bonchev–Trinajstić information content (AvgIpc) is 2.99. The summed E-state index contributed by atoms with van der Waals surface area (Å²) in [4.78, 5) is 31.7. The number of nitrogens with one attached hydrogen (secondary N) is 1. The van der Waals surface area contributed by atoms with Gasteiger partial charge in [-0.2, -0.15) is 0 Å². The maximum Gasteiger partial charge on any atom is 0.260 e. The second-order valence-electron chi connectivity index (χ2n) is 10.7. The Morgan fingerprint density at radius 1 is 1.00 bits per heavy atom. The van der Waals surface area contributed by atoms with Crippen molar-refractivity contribution in [1.82, 2.24) is 10.2 Å². The van der Waals surface area contributed by atoms with Gasteiger partial charge in [-0.1, -0.05) is 67.4 Å². The molecular formula is C34H39N3O2S. The van der Waals surface area contributed by atoms with Gasteiger partial charge in [-0.15, -0.1) is 11.8 Å². The highest BCUT2D eigenvalue weighted by atomic mass is 32.2. The summed E-state index contributed by atoms with van der Waals surface area (Å²) in [6, 6.07) is 26.5. The minimum atomic E-state index is -0.0825. The summed E-state index contributed by atoms with van der Waals surface area (Å²) in [7, 11) is 0. The molecule has 3 aromatic rings. The number of carbonyl (C=O) groups excluding carboxylic acids is 2. The zero-order valence-electron chi connectivity index (χ0n) is 23.5. The molecule has 2 unspecified atom stereocenters. The van der Waals surface area contributed by atoms with Gasteiger partial charge in [0.05, 0.1) is 4.91 Å². The van der Waals surface area contributed by atoms with E-state index >= 15 is 0 Å². The average molecular weight is 554 g/mol. The third kappa shape index (κ3) is 6.61. The zero-order chi connectivity index (χ0) is 27.9. The molecule has 1 N–H and O–H groups in total. The van der Waals surface area contributed by atoms with Gasteiger partial charge in [-0.3, -0.25) is 9.59 Å². The quantitative estimate of drug-likeness (QED) is 0.301. The van der Waals surface area contributed by atoms with Gasteiger partial charge in [-0.05, 0) is 73.7 Å². The zero-order valence-corrected chi connectivity index (χ0v) is 24.3. The number of likely N-dealkylation sites (N-methyl/N-ethyl adjacent to an activating group) is 1. The Morgan fingerprint density at radius 3 is 2.48 bits per heavy atom. The fourth-order valence-electron chi connectivity index (χ4n) is 5.73. The van der Waals surface area contributed by atoms with Crippen molar-refractivity contribution in [3.8, 4) is 0 Å². The van der Waals surface area contributed by atoms with Gasteiger partial charge in [0.2, 0.25) is 0 Å². The molecule has 1 heterocycles. The van der Waals surface area contributed by atoms with Crippen LogP contribution in [0, 0.1) is 6.92 Å². The molecule has 1 aliphatic carbocycles. The lowest BCUT2D eigenvalue weighted by Gasteiger charge is -2.44. The molecule has 0 aromatic heterocycles. The molecule has 5 nitrogen and oxygen atoms in total. The van der Waals surface area contributed by atoms with Gasteiger partial charge in [0.15, 0.2) is 0 Å². The molecule has 6 heteroatoms. The van der Waals surface area contributed by atoms with Crippen LogP contribution in [0.3, 0.4) is 0 Å². The van der Waals surface area contributed by atoms with Crippen LogP contribution in [0.25, 0.3) is 6.08 Å². The van der Waals surface area contributed by atoms with Crippen LogP contribution in [0.15, 0.2) is 83.8 Å². The molecule has 2 atom stereocenters. The largest absolute Gasteiger partial charge is 0.370 e. The summed E-state index contributed by atoms with van der Waals surface area (Å²) in [5.41, 5.74) is 5.17. The summed E-state index contributed by atoms with van der Waals surface area (Å²) < 4.78 is 0. The third-order valence-electron chi connectivity index (χ3n) is 8.06. The van der Waals surface area contributed by atoms with Crippen LogP contribution in [0.4, 0.5) is 5.69 Å². The Balaban J connectivity index is 1.24. The van der Waals surface area contributed by atoms with Crippen LogP contribution in [-0.2, 0) is 11.3 Å². The van der Waals surface area contributed by atoms with Crippen LogP contribution >= 0.6 is 11.8 Å². The van der Waals surface area contributed by atoms with Crippen molar-refractivity contribution in [3.05, 3.63) is 106 Å². The van der Waals surface area contributed by atoms with Crippen LogP contribution in [-0.4, -0.2) is 47.6 Å². The molecular weight excluding hydrogens is 514 g/mol. The number of rotatable bonds is 9. The maximum atomic E-state index is 13.7. The number of carbonyl (C=O) groups is 2. The molecule has 2 fully saturated rings. The van der Waals surface area contributed by atoms with E-state index in [1.165, 1.54) is 24.0 Å². The minimum absolute atomic E-state index is 0.0825. The first-order chi connectivity index (χ1) is 19.5. The van der Waals surface area contributed by atoms with Crippen LogP contribution in [0.1, 0.15) is 59.7 Å². The second-order valence-corrected chi connectivity index (χ2v) is 12.0. The van der Waals surface area contributed by atoms with Crippen molar-refractivity contribution in [1.29, 1.82) is 0 Å². The lowest BCUT2D eigenvalue weighted by atomic mass is 9.92. The molecule has 40 heavy (non-hydrogen) atoms. The number of benzene rings is 3. The Kier molecular flexibility index (Phi) is 9.27. The third-order valence-corrected chi connectivity index (χ3v) is 9.46. The molecule has 3 aromatic carbocycles. The molecule has 0 bridgehead atoms. The lowest BCUT2D eigenvalue weighted by molar-refractivity contribution is -0.130. The molecule has 1 saturated heterocycles. The van der Waals surface area contributed by atoms with Crippen molar-refractivity contribution in [3.63, 3.8) is 0 Å². The molecule has 5 rings (SSSR count). The van der Waals surface area contributed by atoms with Crippen molar-refractivity contribution >= 4 is 35.3 Å². The lowest BCUT2D eigenvalue weighted by Crippen LogP contribution is -2.50. The number of thioether (sulfide) groups is 1. The molecule has 0 radical (unpaired) electrons. The smallest absolute Gasteiger partial charge is 0.260 e. The molecule has 1 saturated carbocycles. The summed E-state index contributed by atoms with van der Waals surface area (Å²) in [6.45, 7) is 7.09. The van der Waals surface area contributed by atoms with E-state index in [9.17, 15) is 9.59 Å². The Hall–Kier alpha value is -3.51. The number of hydrogen-bond donors (Lipinski definition) is 1. The first-order valence-corrected chi connectivity index (χ1v) is 15.3. The normalized spacial score (nSPS) is 19.8. The van der Waals surface area contributed by atoms with E-state index in [-0.39, 0.29) is 11.8 Å². The Labute approximate surface area is 242 Å². The highest BCUT2D eigenvalue weighted by molar-refractivity contribution is 8.04. The monoisotopic (exact) mass is 553 g/mol. The molecule has 208 valence electrons. The van der Waals surface area contributed by atoms with E-state index < -0.39 is 0 Å². The van der Waals surface area contributed by atoms with Gasteiger partial charge >= 0.3 is 0 Å². The Morgan fingerprint density at radius 2 is 1.73 bits per heavy atom. The predicted octanol–water partition coefficient (Wildman–Crippen LogP) is 6.68. The minimum Gasteiger partial charge on any atom is -0.370 e. The number of aryl methyl sites for hydroxylation is 1. The van der Waals surface area contributed by atoms with Gasteiger partial charge < -0.3 is 15.1 Å². The second kappa shape index (κ2) is 13.2. The number of amides is 2. The first kappa shape index (κ1) is 28.0. The topological polar surface area (TPSA) is 52.7 Å². The van der Waals surface area contributed by atoms with Crippen molar-refractivity contribution in [2.75, 3.05) is 24.5 Å². The van der Waals surface area contributed by atoms with E-state index in [2.05, 4.69) is 65.4 Å². The first-order valence-electron chi connectivity index (χ1n) is 14.5. The molecule has 2 aliphatic rings. The van der Waals surface area contributed by atoms with Gasteiger partial charge in [0, 0.05) is 48.7 Å². The summed E-state index contributed by atoms with van der Waals surface area (Å²) >= 11 is 1.75. The Bertz CT molecular complexity index is 1340. The highest BCUT2D eigenvalue weighted by Gasteiger charge is 2.40. The summed E-state index contributed by atoms with van der Waals surface area (Å²) in [6.07, 6.45) is 6.63. The maximum absolute atomic E-state index is 13.7.